The van der Waals surface area contributed by atoms with Gasteiger partial charge in [0.15, 0.2) is 0 Å². The SMILES string of the molecule is COc1cccc(N2CCN(CC(O)COc3ccc(CC#N)cc3)CC2)c1. The quantitative estimate of drug-likeness (QED) is 0.757. The smallest absolute Gasteiger partial charge is 0.120 e. The first-order valence-electron chi connectivity index (χ1n) is 9.56. The van der Waals surface area contributed by atoms with Crippen LogP contribution in [-0.4, -0.2) is 62.6 Å². The van der Waals surface area contributed by atoms with E-state index in [2.05, 4.69) is 28.0 Å². The molecule has 1 aliphatic heterocycles. The molecule has 1 aliphatic rings. The molecule has 0 bridgehead atoms. The predicted molar refractivity (Wildman–Crippen MR) is 109 cm³/mol. The van der Waals surface area contributed by atoms with Crippen molar-refractivity contribution in [3.8, 4) is 17.6 Å². The van der Waals surface area contributed by atoms with Crippen molar-refractivity contribution in [2.24, 2.45) is 0 Å². The molecule has 0 spiro atoms. The molecule has 28 heavy (non-hydrogen) atoms. The van der Waals surface area contributed by atoms with Crippen LogP contribution in [0, 0.1) is 11.3 Å². The van der Waals surface area contributed by atoms with Gasteiger partial charge in [0.1, 0.15) is 24.2 Å². The molecular weight excluding hydrogens is 354 g/mol. The number of rotatable bonds is 8. The Morgan fingerprint density at radius 2 is 1.82 bits per heavy atom. The third-order valence-corrected chi connectivity index (χ3v) is 4.91. The zero-order valence-corrected chi connectivity index (χ0v) is 16.3. The van der Waals surface area contributed by atoms with Crippen molar-refractivity contribution in [3.63, 3.8) is 0 Å². The van der Waals surface area contributed by atoms with Crippen molar-refractivity contribution in [2.75, 3.05) is 51.3 Å². The van der Waals surface area contributed by atoms with Gasteiger partial charge in [-0.05, 0) is 29.8 Å². The van der Waals surface area contributed by atoms with Gasteiger partial charge in [-0.3, -0.25) is 4.90 Å². The summed E-state index contributed by atoms with van der Waals surface area (Å²) in [5.74, 6) is 1.58. The number of nitrogens with zero attached hydrogens (tertiary/aromatic N) is 3. The second-order valence-corrected chi connectivity index (χ2v) is 6.93. The second-order valence-electron chi connectivity index (χ2n) is 6.93. The summed E-state index contributed by atoms with van der Waals surface area (Å²) in [7, 11) is 1.68. The maximum Gasteiger partial charge on any atom is 0.120 e. The molecule has 0 radical (unpaired) electrons. The Bertz CT molecular complexity index is 780. The number of nitriles is 1. The normalized spacial score (nSPS) is 15.7. The van der Waals surface area contributed by atoms with Gasteiger partial charge in [-0.25, -0.2) is 0 Å². The molecule has 3 rings (SSSR count). The van der Waals surface area contributed by atoms with Crippen molar-refractivity contribution in [1.29, 1.82) is 5.26 Å². The molecule has 2 aromatic rings. The van der Waals surface area contributed by atoms with Crippen molar-refractivity contribution in [3.05, 3.63) is 54.1 Å². The van der Waals surface area contributed by atoms with Crippen LogP contribution in [0.25, 0.3) is 0 Å². The number of aliphatic hydroxyl groups is 1. The topological polar surface area (TPSA) is 69.0 Å². The van der Waals surface area contributed by atoms with Crippen molar-refractivity contribution in [1.82, 2.24) is 4.90 Å². The lowest BCUT2D eigenvalue weighted by atomic mass is 10.2. The van der Waals surface area contributed by atoms with Gasteiger partial charge < -0.3 is 19.5 Å². The molecule has 1 heterocycles. The molecule has 0 amide bonds. The lowest BCUT2D eigenvalue weighted by Crippen LogP contribution is -2.49. The van der Waals surface area contributed by atoms with Crippen LogP contribution >= 0.6 is 0 Å². The van der Waals surface area contributed by atoms with Crippen LogP contribution in [0.1, 0.15) is 5.56 Å². The first kappa shape index (κ1) is 20.0. The summed E-state index contributed by atoms with van der Waals surface area (Å²) in [5.41, 5.74) is 2.13. The van der Waals surface area contributed by atoms with Crippen molar-refractivity contribution in [2.45, 2.75) is 12.5 Å². The van der Waals surface area contributed by atoms with E-state index in [-0.39, 0.29) is 6.61 Å². The van der Waals surface area contributed by atoms with Crippen LogP contribution in [0.15, 0.2) is 48.5 Å². The van der Waals surface area contributed by atoms with E-state index in [1.807, 2.05) is 36.4 Å². The number of anilines is 1. The highest BCUT2D eigenvalue weighted by atomic mass is 16.5. The van der Waals surface area contributed by atoms with Gasteiger partial charge in [-0.1, -0.05) is 18.2 Å². The maximum absolute atomic E-state index is 10.3. The van der Waals surface area contributed by atoms with E-state index in [1.54, 1.807) is 7.11 Å². The molecule has 1 unspecified atom stereocenters. The molecule has 6 heteroatoms. The largest absolute Gasteiger partial charge is 0.497 e. The summed E-state index contributed by atoms with van der Waals surface area (Å²) in [6, 6.07) is 17.7. The molecule has 0 aliphatic carbocycles. The molecule has 1 N–H and O–H groups in total. The lowest BCUT2D eigenvalue weighted by Gasteiger charge is -2.37. The first-order valence-corrected chi connectivity index (χ1v) is 9.56. The van der Waals surface area contributed by atoms with Gasteiger partial charge >= 0.3 is 0 Å². The minimum atomic E-state index is -0.540. The van der Waals surface area contributed by atoms with E-state index >= 15 is 0 Å². The average molecular weight is 381 g/mol. The van der Waals surface area contributed by atoms with Gasteiger partial charge in [-0.2, -0.15) is 5.26 Å². The maximum atomic E-state index is 10.3. The number of aliphatic hydroxyl groups excluding tert-OH is 1. The summed E-state index contributed by atoms with van der Waals surface area (Å²) in [5, 5.41) is 19.0. The fourth-order valence-electron chi connectivity index (χ4n) is 3.33. The molecule has 2 aromatic carbocycles. The van der Waals surface area contributed by atoms with E-state index in [0.717, 1.165) is 37.5 Å². The Labute approximate surface area is 166 Å². The zero-order chi connectivity index (χ0) is 19.8. The number of ether oxygens (including phenoxy) is 2. The van der Waals surface area contributed by atoms with Gasteiger partial charge in [-0.15, -0.1) is 0 Å². The summed E-state index contributed by atoms with van der Waals surface area (Å²) in [6.07, 6.45) is -0.146. The molecule has 1 fully saturated rings. The molecule has 1 saturated heterocycles. The average Bonchev–Trinajstić information content (AvgIpc) is 2.74. The number of hydrogen-bond donors (Lipinski definition) is 1. The molecule has 0 saturated carbocycles. The molecule has 1 atom stereocenters. The highest BCUT2D eigenvalue weighted by Crippen LogP contribution is 2.22. The van der Waals surface area contributed by atoms with E-state index in [0.29, 0.717) is 18.7 Å². The van der Waals surface area contributed by atoms with Gasteiger partial charge in [0.25, 0.3) is 0 Å². The van der Waals surface area contributed by atoms with Crippen LogP contribution in [0.4, 0.5) is 5.69 Å². The second kappa shape index (κ2) is 9.98. The van der Waals surface area contributed by atoms with E-state index in [1.165, 1.54) is 5.69 Å². The van der Waals surface area contributed by atoms with E-state index in [9.17, 15) is 5.11 Å². The molecule has 148 valence electrons. The number of hydrogen-bond acceptors (Lipinski definition) is 6. The van der Waals surface area contributed by atoms with Crippen LogP contribution in [0.3, 0.4) is 0 Å². The molecule has 0 aromatic heterocycles. The number of benzene rings is 2. The number of piperazine rings is 1. The Morgan fingerprint density at radius 3 is 2.50 bits per heavy atom. The third kappa shape index (κ3) is 5.62. The predicted octanol–water partition coefficient (Wildman–Crippen LogP) is 2.32. The monoisotopic (exact) mass is 381 g/mol. The minimum Gasteiger partial charge on any atom is -0.497 e. The minimum absolute atomic E-state index is 0.258. The number of methoxy groups -OCH3 is 1. The fraction of sp³-hybridized carbons (Fsp3) is 0.409. The van der Waals surface area contributed by atoms with Crippen LogP contribution in [0.5, 0.6) is 11.5 Å². The fourth-order valence-corrected chi connectivity index (χ4v) is 3.33. The summed E-state index contributed by atoms with van der Waals surface area (Å²) in [6.45, 7) is 4.49. The standard InChI is InChI=1S/C22H27N3O3/c1-27-22-4-2-3-19(15-22)25-13-11-24(12-14-25)16-20(26)17-28-21-7-5-18(6-8-21)9-10-23/h2-8,15,20,26H,9,11-14,16-17H2,1H3. The highest BCUT2D eigenvalue weighted by molar-refractivity contribution is 5.51. The summed E-state index contributed by atoms with van der Waals surface area (Å²) in [4.78, 5) is 4.60. The van der Waals surface area contributed by atoms with Gasteiger partial charge in [0, 0.05) is 44.5 Å². The van der Waals surface area contributed by atoms with Crippen molar-refractivity contribution >= 4 is 5.69 Å². The third-order valence-electron chi connectivity index (χ3n) is 4.91. The molecular formula is C22H27N3O3. The Kier molecular flexibility index (Phi) is 7.12. The van der Waals surface area contributed by atoms with Gasteiger partial charge in [0.2, 0.25) is 0 Å². The first-order chi connectivity index (χ1) is 13.7. The van der Waals surface area contributed by atoms with Crippen LogP contribution < -0.4 is 14.4 Å². The summed E-state index contributed by atoms with van der Waals surface area (Å²) < 4.78 is 11.0. The van der Waals surface area contributed by atoms with Crippen LogP contribution in [-0.2, 0) is 6.42 Å². The Hall–Kier alpha value is -2.75. The Balaban J connectivity index is 1.41. The van der Waals surface area contributed by atoms with Gasteiger partial charge in [0.05, 0.1) is 19.6 Å². The van der Waals surface area contributed by atoms with E-state index in [4.69, 9.17) is 14.7 Å². The Morgan fingerprint density at radius 1 is 1.07 bits per heavy atom. The highest BCUT2D eigenvalue weighted by Gasteiger charge is 2.20. The van der Waals surface area contributed by atoms with E-state index < -0.39 is 6.10 Å². The lowest BCUT2D eigenvalue weighted by molar-refractivity contribution is 0.0663. The molecule has 6 nitrogen and oxygen atoms in total. The van der Waals surface area contributed by atoms with Crippen molar-refractivity contribution < 1.29 is 14.6 Å². The zero-order valence-electron chi connectivity index (χ0n) is 16.3. The number of β-amino-alcohol motifs (C(OH)–C–C–N with tert-alkyl or cyclic N) is 1. The summed E-state index contributed by atoms with van der Waals surface area (Å²) >= 11 is 0. The van der Waals surface area contributed by atoms with Crippen LogP contribution in [0.2, 0.25) is 0 Å².